The molecule has 0 bridgehead atoms. The number of nitro benzene ring substituents is 1. The molecule has 186 valence electrons. The van der Waals surface area contributed by atoms with E-state index in [1.807, 2.05) is 27.7 Å². The molecule has 0 fully saturated rings. The molecule has 0 aliphatic carbocycles. The van der Waals surface area contributed by atoms with E-state index in [4.69, 9.17) is 21.1 Å². The third-order valence-corrected chi connectivity index (χ3v) is 5.87. The lowest BCUT2D eigenvalue weighted by molar-refractivity contribution is -0.385. The van der Waals surface area contributed by atoms with E-state index in [9.17, 15) is 19.7 Å². The van der Waals surface area contributed by atoms with Gasteiger partial charge in [-0.3, -0.25) is 10.1 Å². The minimum absolute atomic E-state index is 0.154. The molecule has 0 spiro atoms. The van der Waals surface area contributed by atoms with E-state index in [2.05, 4.69) is 5.32 Å². The number of ether oxygens (including phenoxy) is 2. The second kappa shape index (κ2) is 13.1. The smallest absolute Gasteiger partial charge is 0.336 e. The molecule has 1 N–H and O–H groups in total. The molecule has 0 aromatic heterocycles. The summed E-state index contributed by atoms with van der Waals surface area (Å²) in [5.74, 6) is -2.29. The van der Waals surface area contributed by atoms with Crippen LogP contribution in [0.3, 0.4) is 0 Å². The average Bonchev–Trinajstić information content (AvgIpc) is 2.82. The minimum atomic E-state index is -1.05. The molecule has 0 atom stereocenters. The van der Waals surface area contributed by atoms with Crippen molar-refractivity contribution in [3.63, 3.8) is 0 Å². The predicted octanol–water partition coefficient (Wildman–Crippen LogP) is 5.95. The van der Waals surface area contributed by atoms with E-state index >= 15 is 0 Å². The molecule has 9 heteroatoms. The van der Waals surface area contributed by atoms with Crippen LogP contribution < -0.4 is 5.32 Å². The molecule has 0 amide bonds. The van der Waals surface area contributed by atoms with Gasteiger partial charge in [-0.2, -0.15) is 0 Å². The summed E-state index contributed by atoms with van der Waals surface area (Å²) >= 11 is 6.24. The SMILES string of the molecule is CCCCOC(=O)C1=C(CC)NC(CC)=C(C(=O)OCCCC)C1c1cc(Cl)ccc1[N+](=O)[O-]. The lowest BCUT2D eigenvalue weighted by Gasteiger charge is -2.32. The molecule has 1 heterocycles. The van der Waals surface area contributed by atoms with Gasteiger partial charge in [-0.15, -0.1) is 0 Å². The molecule has 0 radical (unpaired) electrons. The molecular weight excluding hydrogens is 460 g/mol. The zero-order chi connectivity index (χ0) is 25.3. The van der Waals surface area contributed by atoms with Crippen LogP contribution in [0.2, 0.25) is 5.02 Å². The van der Waals surface area contributed by atoms with Crippen LogP contribution in [0.1, 0.15) is 77.7 Å². The number of nitrogens with one attached hydrogen (secondary N) is 1. The van der Waals surface area contributed by atoms with Crippen molar-refractivity contribution in [1.82, 2.24) is 5.32 Å². The quantitative estimate of drug-likeness (QED) is 0.166. The number of nitro groups is 1. The van der Waals surface area contributed by atoms with Gasteiger partial charge in [0, 0.05) is 28.0 Å². The van der Waals surface area contributed by atoms with E-state index in [0.29, 0.717) is 37.1 Å². The van der Waals surface area contributed by atoms with E-state index in [0.717, 1.165) is 12.8 Å². The number of esters is 2. The number of carbonyl (C=O) groups excluding carboxylic acids is 2. The second-order valence-corrected chi connectivity index (χ2v) is 8.43. The Kier molecular flexibility index (Phi) is 10.6. The summed E-state index contributed by atoms with van der Waals surface area (Å²) < 4.78 is 11.0. The summed E-state index contributed by atoms with van der Waals surface area (Å²) in [6.45, 7) is 8.10. The van der Waals surface area contributed by atoms with Crippen LogP contribution in [0.15, 0.2) is 40.7 Å². The molecule has 34 heavy (non-hydrogen) atoms. The second-order valence-electron chi connectivity index (χ2n) is 7.99. The summed E-state index contributed by atoms with van der Waals surface area (Å²) in [5.41, 5.74) is 1.37. The third kappa shape index (κ3) is 6.38. The summed E-state index contributed by atoms with van der Waals surface area (Å²) in [7, 11) is 0. The fourth-order valence-corrected chi connectivity index (χ4v) is 4.04. The molecule has 0 unspecified atom stereocenters. The van der Waals surface area contributed by atoms with Crippen molar-refractivity contribution in [3.05, 3.63) is 61.4 Å². The maximum atomic E-state index is 13.3. The first-order chi connectivity index (χ1) is 16.3. The Labute approximate surface area is 205 Å². The Morgan fingerprint density at radius 1 is 0.971 bits per heavy atom. The normalized spacial score (nSPS) is 14.1. The molecule has 0 saturated heterocycles. The van der Waals surface area contributed by atoms with Crippen molar-refractivity contribution < 1.29 is 24.0 Å². The van der Waals surface area contributed by atoms with Crippen molar-refractivity contribution in [1.29, 1.82) is 0 Å². The number of carbonyl (C=O) groups is 2. The molecule has 0 saturated carbocycles. The first-order valence-corrected chi connectivity index (χ1v) is 12.2. The highest BCUT2D eigenvalue weighted by Gasteiger charge is 2.42. The molecule has 1 aromatic rings. The highest BCUT2D eigenvalue weighted by atomic mass is 35.5. The molecule has 1 aliphatic rings. The van der Waals surface area contributed by atoms with Gasteiger partial charge >= 0.3 is 11.9 Å². The van der Waals surface area contributed by atoms with Crippen LogP contribution in [-0.2, 0) is 19.1 Å². The van der Waals surface area contributed by atoms with Crippen LogP contribution in [0, 0.1) is 10.1 Å². The van der Waals surface area contributed by atoms with E-state index in [1.54, 1.807) is 0 Å². The zero-order valence-electron chi connectivity index (χ0n) is 20.2. The van der Waals surface area contributed by atoms with Crippen LogP contribution in [-0.4, -0.2) is 30.1 Å². The van der Waals surface area contributed by atoms with Gasteiger partial charge in [-0.1, -0.05) is 52.1 Å². The van der Waals surface area contributed by atoms with Gasteiger partial charge in [-0.05, 0) is 37.8 Å². The summed E-state index contributed by atoms with van der Waals surface area (Å²) in [6, 6.07) is 4.14. The van der Waals surface area contributed by atoms with Gasteiger partial charge in [0.2, 0.25) is 0 Å². The van der Waals surface area contributed by atoms with Gasteiger partial charge in [0.05, 0.1) is 35.2 Å². The topological polar surface area (TPSA) is 108 Å². The fourth-order valence-electron chi connectivity index (χ4n) is 3.86. The van der Waals surface area contributed by atoms with Crippen molar-refractivity contribution in [2.45, 2.75) is 72.1 Å². The molecule has 2 rings (SSSR count). The fraction of sp³-hybridized carbons (Fsp3) is 0.520. The van der Waals surface area contributed by atoms with Gasteiger partial charge < -0.3 is 14.8 Å². The number of allylic oxidation sites excluding steroid dienone is 2. The minimum Gasteiger partial charge on any atom is -0.462 e. The number of benzene rings is 1. The maximum absolute atomic E-state index is 13.3. The van der Waals surface area contributed by atoms with Crippen molar-refractivity contribution in [3.8, 4) is 0 Å². The molecule has 1 aromatic carbocycles. The Hall–Kier alpha value is -2.87. The number of halogens is 1. The number of nitrogens with zero attached hydrogens (tertiary/aromatic N) is 1. The number of hydrogen-bond donors (Lipinski definition) is 1. The van der Waals surface area contributed by atoms with E-state index < -0.39 is 22.8 Å². The van der Waals surface area contributed by atoms with Crippen molar-refractivity contribution in [2.24, 2.45) is 0 Å². The molecule has 1 aliphatic heterocycles. The number of dihydropyridines is 1. The van der Waals surface area contributed by atoms with Crippen LogP contribution in [0.25, 0.3) is 0 Å². The number of unbranched alkanes of at least 4 members (excludes halogenated alkanes) is 2. The van der Waals surface area contributed by atoms with E-state index in [-0.39, 0.29) is 40.6 Å². The Morgan fingerprint density at radius 3 is 1.88 bits per heavy atom. The summed E-state index contributed by atoms with van der Waals surface area (Å²) in [5, 5.41) is 15.4. The van der Waals surface area contributed by atoms with Gasteiger partial charge in [0.1, 0.15) is 0 Å². The van der Waals surface area contributed by atoms with Gasteiger partial charge in [-0.25, -0.2) is 9.59 Å². The van der Waals surface area contributed by atoms with Crippen molar-refractivity contribution in [2.75, 3.05) is 13.2 Å². The Morgan fingerprint density at radius 2 is 1.47 bits per heavy atom. The standard InChI is InChI=1S/C25H33ClN2O6/c1-5-9-13-33-24(29)22-18(7-3)27-19(8-4)23(25(30)34-14-10-6-2)21(22)17-15-16(26)11-12-20(17)28(31)32/h11-12,15,21,27H,5-10,13-14H2,1-4H3. The summed E-state index contributed by atoms with van der Waals surface area (Å²) in [4.78, 5) is 38.0. The lowest BCUT2D eigenvalue weighted by Crippen LogP contribution is -2.34. The third-order valence-electron chi connectivity index (χ3n) is 5.64. The molecular formula is C25H33ClN2O6. The molecule has 8 nitrogen and oxygen atoms in total. The largest absolute Gasteiger partial charge is 0.462 e. The summed E-state index contributed by atoms with van der Waals surface area (Å²) in [6.07, 6.45) is 3.90. The lowest BCUT2D eigenvalue weighted by atomic mass is 9.78. The van der Waals surface area contributed by atoms with Crippen LogP contribution in [0.4, 0.5) is 5.69 Å². The average molecular weight is 493 g/mol. The van der Waals surface area contributed by atoms with Crippen LogP contribution in [0.5, 0.6) is 0 Å². The first kappa shape index (κ1) is 27.4. The highest BCUT2D eigenvalue weighted by molar-refractivity contribution is 6.30. The van der Waals surface area contributed by atoms with E-state index in [1.165, 1.54) is 18.2 Å². The van der Waals surface area contributed by atoms with Crippen molar-refractivity contribution >= 4 is 29.2 Å². The first-order valence-electron chi connectivity index (χ1n) is 11.8. The Balaban J connectivity index is 2.76. The van der Waals surface area contributed by atoms with Crippen LogP contribution >= 0.6 is 11.6 Å². The predicted molar refractivity (Wildman–Crippen MR) is 130 cm³/mol. The van der Waals surface area contributed by atoms with Gasteiger partial charge in [0.15, 0.2) is 0 Å². The Bertz CT molecular complexity index is 940. The zero-order valence-corrected chi connectivity index (χ0v) is 21.0. The van der Waals surface area contributed by atoms with Gasteiger partial charge in [0.25, 0.3) is 5.69 Å². The highest BCUT2D eigenvalue weighted by Crippen LogP contribution is 2.44. The monoisotopic (exact) mass is 492 g/mol. The number of rotatable bonds is 12. The maximum Gasteiger partial charge on any atom is 0.336 e. The number of hydrogen-bond acceptors (Lipinski definition) is 7.